The van der Waals surface area contributed by atoms with Crippen LogP contribution in [-0.2, 0) is 9.53 Å². The van der Waals surface area contributed by atoms with Crippen LogP contribution in [0.1, 0.15) is 40.0 Å². The molecule has 0 aromatic rings. The Bertz CT molecular complexity index is 434. The summed E-state index contributed by atoms with van der Waals surface area (Å²) in [5, 5.41) is 8.76. The van der Waals surface area contributed by atoms with Crippen LogP contribution in [-0.4, -0.2) is 89.3 Å². The molecule has 2 aliphatic rings. The molecular weight excluding hydrogens is 310 g/mol. The van der Waals surface area contributed by atoms with Gasteiger partial charge in [0.2, 0.25) is 0 Å². The van der Waals surface area contributed by atoms with Gasteiger partial charge < -0.3 is 19.6 Å². The van der Waals surface area contributed by atoms with Crippen LogP contribution < -0.4 is 0 Å². The van der Waals surface area contributed by atoms with E-state index in [0.717, 1.165) is 52.1 Å². The molecule has 1 N–H and O–H groups in total. The summed E-state index contributed by atoms with van der Waals surface area (Å²) in [5.74, 6) is -0.730. The van der Waals surface area contributed by atoms with Gasteiger partial charge >= 0.3 is 12.1 Å². The first kappa shape index (κ1) is 19.0. The van der Waals surface area contributed by atoms with E-state index in [1.54, 1.807) is 0 Å². The molecule has 1 amide bonds. The zero-order valence-electron chi connectivity index (χ0n) is 15.2. The van der Waals surface area contributed by atoms with E-state index >= 15 is 0 Å². The highest BCUT2D eigenvalue weighted by atomic mass is 16.6. The lowest BCUT2D eigenvalue weighted by Crippen LogP contribution is -2.54. The third-order valence-corrected chi connectivity index (χ3v) is 4.68. The van der Waals surface area contributed by atoms with Crippen molar-refractivity contribution in [3.8, 4) is 0 Å². The first-order valence-electron chi connectivity index (χ1n) is 8.91. The number of hydrogen-bond acceptors (Lipinski definition) is 5. The third-order valence-electron chi connectivity index (χ3n) is 4.68. The molecule has 0 aromatic carbocycles. The Labute approximate surface area is 144 Å². The second-order valence-electron chi connectivity index (χ2n) is 7.72. The van der Waals surface area contributed by atoms with E-state index in [4.69, 9.17) is 9.84 Å². The van der Waals surface area contributed by atoms with Crippen LogP contribution in [0.25, 0.3) is 0 Å². The molecule has 0 spiro atoms. The highest BCUT2D eigenvalue weighted by molar-refractivity contribution is 5.68. The number of carbonyl (C=O) groups is 2. The van der Waals surface area contributed by atoms with Crippen molar-refractivity contribution in [1.29, 1.82) is 0 Å². The predicted octanol–water partition coefficient (Wildman–Crippen LogP) is 1.48. The number of likely N-dealkylation sites (tertiary alicyclic amines) is 1. The molecule has 0 aromatic heterocycles. The average molecular weight is 341 g/mol. The zero-order chi connectivity index (χ0) is 17.7. The number of nitrogens with zero attached hydrogens (tertiary/aromatic N) is 3. The SMILES string of the molecule is CC(C)(C)OC(=O)N1CCC(N2CCN(CCC(=O)O)CC2)CC1. The van der Waals surface area contributed by atoms with Gasteiger partial charge in [-0.3, -0.25) is 9.69 Å². The molecule has 0 bridgehead atoms. The van der Waals surface area contributed by atoms with Crippen LogP contribution >= 0.6 is 0 Å². The van der Waals surface area contributed by atoms with E-state index in [1.165, 1.54) is 0 Å². The Morgan fingerprint density at radius 3 is 2.12 bits per heavy atom. The maximum atomic E-state index is 12.1. The van der Waals surface area contributed by atoms with E-state index in [-0.39, 0.29) is 12.5 Å². The Balaban J connectivity index is 1.70. The average Bonchev–Trinajstić information content (AvgIpc) is 2.52. The minimum Gasteiger partial charge on any atom is -0.481 e. The fourth-order valence-corrected chi connectivity index (χ4v) is 3.35. The lowest BCUT2D eigenvalue weighted by Gasteiger charge is -2.42. The van der Waals surface area contributed by atoms with Crippen molar-refractivity contribution in [3.63, 3.8) is 0 Å². The van der Waals surface area contributed by atoms with Crippen molar-refractivity contribution in [3.05, 3.63) is 0 Å². The molecule has 2 rings (SSSR count). The fourth-order valence-electron chi connectivity index (χ4n) is 3.35. The summed E-state index contributed by atoms with van der Waals surface area (Å²) in [6, 6.07) is 0.519. The van der Waals surface area contributed by atoms with Crippen LogP contribution in [0.15, 0.2) is 0 Å². The first-order valence-corrected chi connectivity index (χ1v) is 8.91. The molecule has 2 aliphatic heterocycles. The van der Waals surface area contributed by atoms with Crippen molar-refractivity contribution >= 4 is 12.1 Å². The van der Waals surface area contributed by atoms with Gasteiger partial charge in [-0.25, -0.2) is 4.79 Å². The van der Waals surface area contributed by atoms with Crippen molar-refractivity contribution in [2.45, 2.75) is 51.7 Å². The van der Waals surface area contributed by atoms with Gasteiger partial charge in [0.1, 0.15) is 5.60 Å². The summed E-state index contributed by atoms with van der Waals surface area (Å²) in [6.45, 7) is 11.6. The van der Waals surface area contributed by atoms with Crippen LogP contribution in [0.5, 0.6) is 0 Å². The van der Waals surface area contributed by atoms with Crippen LogP contribution in [0.4, 0.5) is 4.79 Å². The van der Waals surface area contributed by atoms with Crippen LogP contribution in [0.2, 0.25) is 0 Å². The maximum absolute atomic E-state index is 12.1. The zero-order valence-corrected chi connectivity index (χ0v) is 15.2. The Morgan fingerprint density at radius 2 is 1.62 bits per heavy atom. The number of carbonyl (C=O) groups excluding carboxylic acids is 1. The van der Waals surface area contributed by atoms with Crippen molar-refractivity contribution in [2.75, 3.05) is 45.8 Å². The van der Waals surface area contributed by atoms with Gasteiger partial charge in [0.25, 0.3) is 0 Å². The molecule has 0 atom stereocenters. The highest BCUT2D eigenvalue weighted by Gasteiger charge is 2.30. The van der Waals surface area contributed by atoms with Gasteiger partial charge in [0, 0.05) is 51.9 Å². The second kappa shape index (κ2) is 8.16. The largest absolute Gasteiger partial charge is 0.481 e. The van der Waals surface area contributed by atoms with E-state index in [2.05, 4.69) is 9.80 Å². The number of piperazine rings is 1. The molecule has 2 heterocycles. The van der Waals surface area contributed by atoms with Gasteiger partial charge in [-0.05, 0) is 33.6 Å². The minimum absolute atomic E-state index is 0.209. The van der Waals surface area contributed by atoms with Crippen molar-refractivity contribution in [2.24, 2.45) is 0 Å². The van der Waals surface area contributed by atoms with Gasteiger partial charge in [-0.15, -0.1) is 0 Å². The number of amides is 1. The number of carboxylic acids is 1. The van der Waals surface area contributed by atoms with E-state index in [1.807, 2.05) is 25.7 Å². The topological polar surface area (TPSA) is 73.3 Å². The lowest BCUT2D eigenvalue weighted by atomic mass is 10.0. The summed E-state index contributed by atoms with van der Waals surface area (Å²) in [6.07, 6.45) is 1.97. The molecule has 24 heavy (non-hydrogen) atoms. The number of aliphatic carboxylic acids is 1. The molecule has 0 saturated carbocycles. The molecule has 7 heteroatoms. The molecule has 0 radical (unpaired) electrons. The summed E-state index contributed by atoms with van der Waals surface area (Å²) in [4.78, 5) is 29.3. The van der Waals surface area contributed by atoms with E-state index in [0.29, 0.717) is 12.6 Å². The number of hydrogen-bond donors (Lipinski definition) is 1. The van der Waals surface area contributed by atoms with Crippen LogP contribution in [0.3, 0.4) is 0 Å². The molecule has 7 nitrogen and oxygen atoms in total. The quantitative estimate of drug-likeness (QED) is 0.835. The van der Waals surface area contributed by atoms with Gasteiger partial charge in [0.15, 0.2) is 0 Å². The summed E-state index contributed by atoms with van der Waals surface area (Å²) in [7, 11) is 0. The van der Waals surface area contributed by atoms with Crippen molar-refractivity contribution < 1.29 is 19.4 Å². The minimum atomic E-state index is -0.730. The second-order valence-corrected chi connectivity index (χ2v) is 7.72. The molecule has 0 aliphatic carbocycles. The van der Waals surface area contributed by atoms with E-state index < -0.39 is 11.6 Å². The normalized spacial score (nSPS) is 21.7. The van der Waals surface area contributed by atoms with E-state index in [9.17, 15) is 9.59 Å². The standard InChI is InChI=1S/C17H31N3O4/c1-17(2,3)24-16(23)20-8-4-14(5-9-20)19-12-10-18(11-13-19)7-6-15(21)22/h14H,4-13H2,1-3H3,(H,21,22). The third kappa shape index (κ3) is 5.94. The number of piperidine rings is 1. The first-order chi connectivity index (χ1) is 11.2. The Hall–Kier alpha value is -1.34. The molecular formula is C17H31N3O4. The summed E-state index contributed by atoms with van der Waals surface area (Å²) < 4.78 is 5.44. The van der Waals surface area contributed by atoms with Gasteiger partial charge in [0.05, 0.1) is 6.42 Å². The molecule has 0 unspecified atom stereocenters. The highest BCUT2D eigenvalue weighted by Crippen LogP contribution is 2.20. The number of carboxylic acid groups (broad SMARTS) is 1. The van der Waals surface area contributed by atoms with Gasteiger partial charge in [-0.2, -0.15) is 0 Å². The smallest absolute Gasteiger partial charge is 0.410 e. The monoisotopic (exact) mass is 341 g/mol. The summed E-state index contributed by atoms with van der Waals surface area (Å²) in [5.41, 5.74) is -0.444. The fraction of sp³-hybridized carbons (Fsp3) is 0.882. The predicted molar refractivity (Wildman–Crippen MR) is 91.1 cm³/mol. The summed E-state index contributed by atoms with van der Waals surface area (Å²) >= 11 is 0. The van der Waals surface area contributed by atoms with Gasteiger partial charge in [-0.1, -0.05) is 0 Å². The number of ether oxygens (including phenoxy) is 1. The van der Waals surface area contributed by atoms with Crippen LogP contribution in [0, 0.1) is 0 Å². The Morgan fingerprint density at radius 1 is 1.04 bits per heavy atom. The number of rotatable bonds is 4. The molecule has 2 fully saturated rings. The van der Waals surface area contributed by atoms with Crippen molar-refractivity contribution in [1.82, 2.24) is 14.7 Å². The molecule has 2 saturated heterocycles. The molecule has 138 valence electrons. The Kier molecular flexibility index (Phi) is 6.46. The lowest BCUT2D eigenvalue weighted by molar-refractivity contribution is -0.137. The maximum Gasteiger partial charge on any atom is 0.410 e.